The number of carboxylic acids is 1. The number of pyridine rings is 1. The van der Waals surface area contributed by atoms with E-state index >= 15 is 0 Å². The van der Waals surface area contributed by atoms with E-state index in [9.17, 15) is 24.8 Å². The summed E-state index contributed by atoms with van der Waals surface area (Å²) in [6, 6.07) is 11.2. The molecular weight excluding hydrogens is 448 g/mol. The summed E-state index contributed by atoms with van der Waals surface area (Å²) in [4.78, 5) is 35.1. The van der Waals surface area contributed by atoms with E-state index in [-0.39, 0.29) is 23.2 Å². The number of carboxylic acid groups (broad SMARTS) is 1. The number of rotatable bonds is 6. The van der Waals surface area contributed by atoms with Crippen molar-refractivity contribution in [2.45, 2.75) is 26.9 Å². The number of carbonyl (C=O) groups is 1. The number of halogens is 1. The molecule has 0 aliphatic heterocycles. The zero-order chi connectivity index (χ0) is 23.9. The van der Waals surface area contributed by atoms with Crippen molar-refractivity contribution in [2.75, 3.05) is 0 Å². The molecule has 4 aromatic rings. The van der Waals surface area contributed by atoms with E-state index in [0.29, 0.717) is 22.8 Å². The van der Waals surface area contributed by atoms with E-state index in [4.69, 9.17) is 11.6 Å². The summed E-state index contributed by atoms with van der Waals surface area (Å²) in [5, 5.41) is 25.7. The Kier molecular flexibility index (Phi) is 5.73. The van der Waals surface area contributed by atoms with Crippen molar-refractivity contribution >= 4 is 34.2 Å². The average Bonchev–Trinajstić information content (AvgIpc) is 3.02. The molecule has 168 valence electrons. The normalized spacial score (nSPS) is 11.1. The minimum Gasteiger partial charge on any atom is -0.477 e. The standard InChI is InChI=1S/C23H19ClN4O5/c1-13-21(24)14(2)27(25-13)11-16-5-8-20-18(9-16)22(29)19(23(30)31)12-26(20)10-15-3-6-17(7-4-15)28(32)33/h3-9,12H,10-11H2,1-2H3,(H,30,31). The van der Waals surface area contributed by atoms with Crippen molar-refractivity contribution < 1.29 is 14.8 Å². The van der Waals surface area contributed by atoms with Gasteiger partial charge >= 0.3 is 5.97 Å². The van der Waals surface area contributed by atoms with Gasteiger partial charge in [0.05, 0.1) is 33.4 Å². The van der Waals surface area contributed by atoms with Crippen molar-refractivity contribution in [3.63, 3.8) is 0 Å². The molecule has 0 saturated heterocycles. The maximum atomic E-state index is 12.9. The maximum Gasteiger partial charge on any atom is 0.341 e. The minimum atomic E-state index is -1.32. The van der Waals surface area contributed by atoms with Gasteiger partial charge in [-0.15, -0.1) is 0 Å². The van der Waals surface area contributed by atoms with Gasteiger partial charge in [0.1, 0.15) is 5.56 Å². The van der Waals surface area contributed by atoms with Gasteiger partial charge in [0.25, 0.3) is 5.69 Å². The summed E-state index contributed by atoms with van der Waals surface area (Å²) in [5.41, 5.74) is 2.58. The third kappa shape index (κ3) is 4.22. The molecule has 33 heavy (non-hydrogen) atoms. The molecule has 0 fully saturated rings. The second-order valence-electron chi connectivity index (χ2n) is 7.72. The van der Waals surface area contributed by atoms with Crippen LogP contribution in [0.25, 0.3) is 10.9 Å². The van der Waals surface area contributed by atoms with E-state index in [1.165, 1.54) is 18.3 Å². The van der Waals surface area contributed by atoms with E-state index in [0.717, 1.165) is 16.8 Å². The number of aromatic carboxylic acids is 1. The van der Waals surface area contributed by atoms with Crippen molar-refractivity contribution in [1.29, 1.82) is 0 Å². The minimum absolute atomic E-state index is 0.0383. The number of nitro groups is 1. The smallest absolute Gasteiger partial charge is 0.341 e. The molecule has 0 spiro atoms. The quantitative estimate of drug-likeness (QED) is 0.336. The fourth-order valence-electron chi connectivity index (χ4n) is 3.75. The Morgan fingerprint density at radius 2 is 1.79 bits per heavy atom. The summed E-state index contributed by atoms with van der Waals surface area (Å²) in [6.45, 7) is 4.27. The summed E-state index contributed by atoms with van der Waals surface area (Å²) in [5.74, 6) is -1.32. The summed E-state index contributed by atoms with van der Waals surface area (Å²) in [6.07, 6.45) is 1.30. The lowest BCUT2D eigenvalue weighted by atomic mass is 10.1. The number of nitro benzene ring substituents is 1. The lowest BCUT2D eigenvalue weighted by Crippen LogP contribution is -2.19. The first-order valence-corrected chi connectivity index (χ1v) is 10.4. The van der Waals surface area contributed by atoms with Crippen LogP contribution in [-0.2, 0) is 13.1 Å². The molecule has 0 bridgehead atoms. The SMILES string of the molecule is Cc1nn(Cc2ccc3c(c2)c(=O)c(C(=O)O)cn3Cc2ccc([N+](=O)[O-])cc2)c(C)c1Cl. The maximum absolute atomic E-state index is 12.9. The molecule has 0 amide bonds. The topological polar surface area (TPSA) is 120 Å². The number of aromatic nitrogens is 3. The van der Waals surface area contributed by atoms with Crippen LogP contribution in [0.2, 0.25) is 5.02 Å². The monoisotopic (exact) mass is 466 g/mol. The zero-order valence-corrected chi connectivity index (χ0v) is 18.5. The van der Waals surface area contributed by atoms with Crippen LogP contribution in [0, 0.1) is 24.0 Å². The molecule has 0 aliphatic carbocycles. The molecule has 0 unspecified atom stereocenters. The van der Waals surface area contributed by atoms with Gasteiger partial charge in [-0.05, 0) is 37.1 Å². The number of hydrogen-bond donors (Lipinski definition) is 1. The van der Waals surface area contributed by atoms with Crippen LogP contribution in [0.15, 0.2) is 53.5 Å². The highest BCUT2D eigenvalue weighted by Crippen LogP contribution is 2.22. The average molecular weight is 467 g/mol. The highest BCUT2D eigenvalue weighted by Gasteiger charge is 2.16. The predicted molar refractivity (Wildman–Crippen MR) is 123 cm³/mol. The Balaban J connectivity index is 1.79. The van der Waals surface area contributed by atoms with E-state index < -0.39 is 16.3 Å². The Morgan fingerprint density at radius 3 is 2.36 bits per heavy atom. The molecule has 9 nitrogen and oxygen atoms in total. The predicted octanol–water partition coefficient (Wildman–Crippen LogP) is 4.17. The van der Waals surface area contributed by atoms with Gasteiger partial charge in [0, 0.05) is 30.3 Å². The van der Waals surface area contributed by atoms with Crippen molar-refractivity contribution in [1.82, 2.24) is 14.3 Å². The number of nitrogens with zero attached hydrogens (tertiary/aromatic N) is 4. The van der Waals surface area contributed by atoms with Gasteiger partial charge < -0.3 is 9.67 Å². The molecule has 0 aliphatic rings. The van der Waals surface area contributed by atoms with Crippen molar-refractivity contribution in [3.05, 3.63) is 102 Å². The number of fused-ring (bicyclic) bond motifs is 1. The van der Waals surface area contributed by atoms with Crippen molar-refractivity contribution in [2.24, 2.45) is 0 Å². The summed E-state index contributed by atoms with van der Waals surface area (Å²) >= 11 is 6.23. The summed E-state index contributed by atoms with van der Waals surface area (Å²) < 4.78 is 3.39. The molecule has 2 heterocycles. The fraction of sp³-hybridized carbons (Fsp3) is 0.174. The van der Waals surface area contributed by atoms with Crippen LogP contribution >= 0.6 is 11.6 Å². The molecular formula is C23H19ClN4O5. The zero-order valence-electron chi connectivity index (χ0n) is 17.8. The number of non-ortho nitro benzene ring substituents is 1. The van der Waals surface area contributed by atoms with Gasteiger partial charge in [0.15, 0.2) is 0 Å². The molecule has 2 aromatic carbocycles. The molecule has 10 heteroatoms. The molecule has 0 atom stereocenters. The first-order valence-electron chi connectivity index (χ1n) is 9.98. The van der Waals surface area contributed by atoms with E-state index in [1.54, 1.807) is 33.5 Å². The van der Waals surface area contributed by atoms with Crippen LogP contribution in [0.1, 0.15) is 32.9 Å². The first-order chi connectivity index (χ1) is 15.7. The number of aryl methyl sites for hydroxylation is 1. The Hall–Kier alpha value is -3.98. The number of benzene rings is 2. The van der Waals surface area contributed by atoms with E-state index in [1.807, 2.05) is 19.9 Å². The summed E-state index contributed by atoms with van der Waals surface area (Å²) in [7, 11) is 0. The molecule has 2 aromatic heterocycles. The van der Waals surface area contributed by atoms with Gasteiger partial charge in [0.2, 0.25) is 5.43 Å². The van der Waals surface area contributed by atoms with Crippen LogP contribution in [0.5, 0.6) is 0 Å². The second kappa shape index (κ2) is 8.51. The van der Waals surface area contributed by atoms with Crippen LogP contribution < -0.4 is 5.43 Å². The fourth-order valence-corrected chi connectivity index (χ4v) is 3.88. The molecule has 4 rings (SSSR count). The van der Waals surface area contributed by atoms with Crippen LogP contribution in [0.3, 0.4) is 0 Å². The Bertz CT molecular complexity index is 1470. The molecule has 0 radical (unpaired) electrons. The van der Waals surface area contributed by atoms with E-state index in [2.05, 4.69) is 5.10 Å². The van der Waals surface area contributed by atoms with Gasteiger partial charge in [-0.2, -0.15) is 5.10 Å². The third-order valence-electron chi connectivity index (χ3n) is 5.50. The first kappa shape index (κ1) is 22.2. The Labute approximate surface area is 192 Å². The lowest BCUT2D eigenvalue weighted by molar-refractivity contribution is -0.384. The molecule has 0 saturated carbocycles. The number of hydrogen-bond acceptors (Lipinski definition) is 5. The van der Waals surface area contributed by atoms with Gasteiger partial charge in [-0.1, -0.05) is 29.8 Å². The highest BCUT2D eigenvalue weighted by atomic mass is 35.5. The molecule has 1 N–H and O–H groups in total. The van der Waals surface area contributed by atoms with Crippen LogP contribution in [0.4, 0.5) is 5.69 Å². The lowest BCUT2D eigenvalue weighted by Gasteiger charge is -2.14. The highest BCUT2D eigenvalue weighted by molar-refractivity contribution is 6.31. The Morgan fingerprint density at radius 1 is 1.12 bits per heavy atom. The van der Waals surface area contributed by atoms with Crippen molar-refractivity contribution in [3.8, 4) is 0 Å². The van der Waals surface area contributed by atoms with Gasteiger partial charge in [-0.3, -0.25) is 19.6 Å². The third-order valence-corrected chi connectivity index (χ3v) is 6.05. The second-order valence-corrected chi connectivity index (χ2v) is 8.10. The van der Waals surface area contributed by atoms with Crippen LogP contribution in [-0.4, -0.2) is 30.3 Å². The largest absolute Gasteiger partial charge is 0.477 e. The van der Waals surface area contributed by atoms with Gasteiger partial charge in [-0.25, -0.2) is 4.79 Å².